The highest BCUT2D eigenvalue weighted by atomic mass is 127. The van der Waals surface area contributed by atoms with E-state index < -0.39 is 0 Å². The largest absolute Gasteiger partial charge is 1.00 e. The van der Waals surface area contributed by atoms with Crippen LogP contribution in [0.1, 0.15) is 44.9 Å². The number of nitrogens with zero attached hydrogens (tertiary/aromatic N) is 2. The van der Waals surface area contributed by atoms with Crippen LogP contribution < -0.4 is 24.0 Å². The van der Waals surface area contributed by atoms with Crippen LogP contribution in [0.2, 0.25) is 0 Å². The molecule has 0 atom stereocenters. The molecule has 1 spiro atoms. The summed E-state index contributed by atoms with van der Waals surface area (Å²) in [6.07, 6.45) is 10.5. The average molecular weight is 423 g/mol. The van der Waals surface area contributed by atoms with Gasteiger partial charge in [0.2, 0.25) is 0 Å². The van der Waals surface area contributed by atoms with E-state index in [2.05, 4.69) is 14.1 Å². The van der Waals surface area contributed by atoms with E-state index in [1.807, 2.05) is 0 Å². The van der Waals surface area contributed by atoms with E-state index >= 15 is 0 Å². The normalized spacial score (nSPS) is 29.2. The van der Waals surface area contributed by atoms with Crippen LogP contribution in [0.15, 0.2) is 0 Å². The minimum Gasteiger partial charge on any atom is -1.00 e. The van der Waals surface area contributed by atoms with Crippen molar-refractivity contribution in [3.63, 3.8) is 0 Å². The summed E-state index contributed by atoms with van der Waals surface area (Å²) in [5.74, 6) is 0. The molecule has 130 valence electrons. The Kier molecular flexibility index (Phi) is 6.60. The van der Waals surface area contributed by atoms with E-state index in [1.165, 1.54) is 93.2 Å². The lowest BCUT2D eigenvalue weighted by atomic mass is 9.76. The Balaban J connectivity index is 0.00000176. The highest BCUT2D eigenvalue weighted by Crippen LogP contribution is 2.47. The molecule has 1 saturated carbocycles. The second-order valence-corrected chi connectivity index (χ2v) is 8.75. The summed E-state index contributed by atoms with van der Waals surface area (Å²) in [7, 11) is 4.94. The Bertz CT molecular complexity index is 339. The van der Waals surface area contributed by atoms with Crippen LogP contribution in [-0.2, 0) is 4.74 Å². The zero-order chi connectivity index (χ0) is 14.8. The van der Waals surface area contributed by atoms with Gasteiger partial charge >= 0.3 is 0 Å². The van der Waals surface area contributed by atoms with Crippen molar-refractivity contribution in [1.82, 2.24) is 0 Å². The summed E-state index contributed by atoms with van der Waals surface area (Å²) in [5.41, 5.74) is 0.778. The van der Waals surface area contributed by atoms with Gasteiger partial charge in [-0.15, -0.1) is 0 Å². The molecule has 0 N–H and O–H groups in total. The Morgan fingerprint density at radius 3 is 1.82 bits per heavy atom. The lowest BCUT2D eigenvalue weighted by Gasteiger charge is -2.46. The molecule has 2 heterocycles. The predicted molar refractivity (Wildman–Crippen MR) is 87.1 cm³/mol. The number of hydrogen-bond acceptors (Lipinski definition) is 1. The smallest absolute Gasteiger partial charge is 0.102 e. The molecule has 3 rings (SSSR count). The van der Waals surface area contributed by atoms with Gasteiger partial charge in [0.15, 0.2) is 0 Å². The Hall–Kier alpha value is 0.610. The molecule has 1 aliphatic carbocycles. The fourth-order valence-electron chi connectivity index (χ4n) is 4.94. The van der Waals surface area contributed by atoms with Gasteiger partial charge in [-0.2, -0.15) is 0 Å². The van der Waals surface area contributed by atoms with Crippen LogP contribution in [0.4, 0.5) is 0 Å². The maximum atomic E-state index is 5.52. The number of morpholine rings is 1. The van der Waals surface area contributed by atoms with Crippen molar-refractivity contribution in [2.75, 3.05) is 66.6 Å². The maximum Gasteiger partial charge on any atom is 0.102 e. The van der Waals surface area contributed by atoms with Crippen molar-refractivity contribution in [3.8, 4) is 0 Å². The maximum absolute atomic E-state index is 5.52. The quantitative estimate of drug-likeness (QED) is 0.444. The van der Waals surface area contributed by atoms with Gasteiger partial charge < -0.3 is 37.7 Å². The zero-order valence-electron chi connectivity index (χ0n) is 14.8. The van der Waals surface area contributed by atoms with Gasteiger partial charge in [-0.05, 0) is 18.3 Å². The van der Waals surface area contributed by atoms with Crippen LogP contribution in [0, 0.1) is 5.41 Å². The SMILES string of the molecule is C[N+]1(CCC[N+]2(C)CCC3(CCCC3)CC2)CCOCC1.[I-]. The van der Waals surface area contributed by atoms with E-state index in [0.29, 0.717) is 0 Å². The molecule has 0 radical (unpaired) electrons. The first-order valence-corrected chi connectivity index (χ1v) is 9.28. The molecule has 0 aromatic carbocycles. The van der Waals surface area contributed by atoms with Gasteiger partial charge in [0.1, 0.15) is 13.1 Å². The van der Waals surface area contributed by atoms with Gasteiger partial charge in [-0.25, -0.2) is 0 Å². The summed E-state index contributed by atoms with van der Waals surface area (Å²) in [6, 6.07) is 0. The molecule has 3 aliphatic rings. The van der Waals surface area contributed by atoms with Crippen molar-refractivity contribution in [1.29, 1.82) is 0 Å². The van der Waals surface area contributed by atoms with Crippen LogP contribution in [0.25, 0.3) is 0 Å². The second kappa shape index (κ2) is 7.66. The molecule has 0 aromatic rings. The summed E-state index contributed by atoms with van der Waals surface area (Å²) in [6.45, 7) is 9.97. The third-order valence-corrected chi connectivity index (χ3v) is 6.97. The number of likely N-dealkylation sites (N-methyl/N-ethyl adjacent to an activating group) is 1. The van der Waals surface area contributed by atoms with Gasteiger partial charge in [0.25, 0.3) is 0 Å². The molecule has 3 fully saturated rings. The molecule has 0 unspecified atom stereocenters. The third-order valence-electron chi connectivity index (χ3n) is 6.97. The first kappa shape index (κ1) is 18.9. The third kappa shape index (κ3) is 4.58. The fourth-order valence-corrected chi connectivity index (χ4v) is 4.94. The second-order valence-electron chi connectivity index (χ2n) is 8.75. The van der Waals surface area contributed by atoms with Crippen LogP contribution >= 0.6 is 0 Å². The number of ether oxygens (including phenoxy) is 1. The van der Waals surface area contributed by atoms with Crippen molar-refractivity contribution < 1.29 is 37.7 Å². The fraction of sp³-hybridized carbons (Fsp3) is 1.00. The Labute approximate surface area is 154 Å². The molecule has 0 bridgehead atoms. The van der Waals surface area contributed by atoms with E-state index in [1.54, 1.807) is 0 Å². The van der Waals surface area contributed by atoms with Crippen molar-refractivity contribution in [2.24, 2.45) is 5.41 Å². The molecule has 0 aromatic heterocycles. The Morgan fingerprint density at radius 1 is 0.773 bits per heavy atom. The molecule has 0 amide bonds. The van der Waals surface area contributed by atoms with Crippen molar-refractivity contribution in [3.05, 3.63) is 0 Å². The van der Waals surface area contributed by atoms with E-state index in [4.69, 9.17) is 4.74 Å². The molecule has 22 heavy (non-hydrogen) atoms. The van der Waals surface area contributed by atoms with E-state index in [-0.39, 0.29) is 24.0 Å². The highest BCUT2D eigenvalue weighted by molar-refractivity contribution is 4.86. The summed E-state index contributed by atoms with van der Waals surface area (Å²) in [4.78, 5) is 0. The first-order valence-electron chi connectivity index (χ1n) is 9.28. The number of rotatable bonds is 4. The van der Waals surface area contributed by atoms with Crippen LogP contribution in [0.5, 0.6) is 0 Å². The van der Waals surface area contributed by atoms with Crippen LogP contribution in [0.3, 0.4) is 0 Å². The monoisotopic (exact) mass is 423 g/mol. The van der Waals surface area contributed by atoms with Crippen LogP contribution in [-0.4, -0.2) is 75.5 Å². The van der Waals surface area contributed by atoms with Crippen molar-refractivity contribution >= 4 is 0 Å². The summed E-state index contributed by atoms with van der Waals surface area (Å²) in [5, 5.41) is 0. The van der Waals surface area contributed by atoms with Gasteiger partial charge in [0.05, 0.1) is 53.5 Å². The van der Waals surface area contributed by atoms with Gasteiger partial charge in [-0.3, -0.25) is 0 Å². The first-order chi connectivity index (χ1) is 10.0. The van der Waals surface area contributed by atoms with Crippen molar-refractivity contribution in [2.45, 2.75) is 44.9 Å². The number of quaternary nitrogens is 2. The Morgan fingerprint density at radius 2 is 1.27 bits per heavy atom. The minimum absolute atomic E-state index is 0. The van der Waals surface area contributed by atoms with Gasteiger partial charge in [0, 0.05) is 19.3 Å². The summed E-state index contributed by atoms with van der Waals surface area (Å²) >= 11 is 0. The highest BCUT2D eigenvalue weighted by Gasteiger charge is 2.42. The molecule has 2 saturated heterocycles. The molecular weight excluding hydrogens is 387 g/mol. The van der Waals surface area contributed by atoms with E-state index in [9.17, 15) is 0 Å². The zero-order valence-corrected chi connectivity index (χ0v) is 16.9. The molecule has 2 aliphatic heterocycles. The summed E-state index contributed by atoms with van der Waals surface area (Å²) < 4.78 is 8.10. The lowest BCUT2D eigenvalue weighted by Crippen LogP contribution is -3.00. The molecule has 4 heteroatoms. The number of halogens is 1. The number of hydrogen-bond donors (Lipinski definition) is 0. The minimum atomic E-state index is 0. The molecular formula is C18H36IN2O+. The predicted octanol–water partition coefficient (Wildman–Crippen LogP) is -0.342. The lowest BCUT2D eigenvalue weighted by molar-refractivity contribution is -0.934. The van der Waals surface area contributed by atoms with Gasteiger partial charge in [-0.1, -0.05) is 12.8 Å². The molecule has 3 nitrogen and oxygen atoms in total. The topological polar surface area (TPSA) is 9.23 Å². The number of piperidine rings is 1. The standard InChI is InChI=1S/C18H36N2O.HI/c1-19(10-5-11-20(2)14-16-21-17-15-20)12-8-18(9-13-19)6-3-4-7-18;/h3-17H2,1-2H3;1H/q+2;/p-1. The average Bonchev–Trinajstić information content (AvgIpc) is 2.92. The van der Waals surface area contributed by atoms with E-state index in [0.717, 1.165) is 18.6 Å². The number of likely N-dealkylation sites (tertiary alicyclic amines) is 1.